The van der Waals surface area contributed by atoms with Crippen LogP contribution in [-0.2, 0) is 4.74 Å². The molecule has 0 bridgehead atoms. The molecule has 5 rings (SSSR count). The van der Waals surface area contributed by atoms with Crippen molar-refractivity contribution in [2.45, 2.75) is 111 Å². The molecule has 0 aromatic heterocycles. The average Bonchev–Trinajstić information content (AvgIpc) is 3.26. The van der Waals surface area contributed by atoms with Crippen LogP contribution in [0.25, 0.3) is 0 Å². The molecule has 0 radical (unpaired) electrons. The third-order valence-corrected chi connectivity index (χ3v) is 11.8. The first-order valence-electron chi connectivity index (χ1n) is 15.7. The van der Waals surface area contributed by atoms with Gasteiger partial charge in [0.15, 0.2) is 0 Å². The number of rotatable bonds is 8. The van der Waals surface area contributed by atoms with Crippen LogP contribution in [0.3, 0.4) is 0 Å². The van der Waals surface area contributed by atoms with Gasteiger partial charge < -0.3 is 15.2 Å². The summed E-state index contributed by atoms with van der Waals surface area (Å²) in [5.74, 6) is 4.48. The number of carbonyl (C=O) groups excluding carboxylic acids is 1. The summed E-state index contributed by atoms with van der Waals surface area (Å²) in [6.45, 7) is 12.4. The highest BCUT2D eigenvalue weighted by atomic mass is 16.8. The van der Waals surface area contributed by atoms with E-state index in [1.807, 2.05) is 0 Å². The Morgan fingerprint density at radius 3 is 2.64 bits per heavy atom. The van der Waals surface area contributed by atoms with Crippen molar-refractivity contribution < 1.29 is 14.7 Å². The maximum absolute atomic E-state index is 12.9. The minimum absolute atomic E-state index is 0.0325. The van der Waals surface area contributed by atoms with Gasteiger partial charge in [0, 0.05) is 6.42 Å². The number of nitrogens with zero attached hydrogens (tertiary/aromatic N) is 1. The van der Waals surface area contributed by atoms with Gasteiger partial charge >= 0.3 is 5.97 Å². The summed E-state index contributed by atoms with van der Waals surface area (Å²) in [4.78, 5) is 12.9. The monoisotopic (exact) mass is 536 g/mol. The zero-order valence-corrected chi connectivity index (χ0v) is 24.8. The Morgan fingerprint density at radius 2 is 1.90 bits per heavy atom. The fraction of sp³-hybridized carbons (Fsp3) is 0.735. The largest absolute Gasteiger partial charge is 0.733 e. The van der Waals surface area contributed by atoms with Gasteiger partial charge in [-0.15, -0.1) is 0 Å². The maximum Gasteiger partial charge on any atom is 0.338 e. The van der Waals surface area contributed by atoms with E-state index in [4.69, 9.17) is 4.74 Å². The lowest BCUT2D eigenvalue weighted by Crippen LogP contribution is -2.51. The van der Waals surface area contributed by atoms with Crippen LogP contribution in [0, 0.1) is 51.5 Å². The Balaban J connectivity index is 1.24. The summed E-state index contributed by atoms with van der Waals surface area (Å²) in [7, 11) is 0. The van der Waals surface area contributed by atoms with Crippen LogP contribution in [0.4, 0.5) is 5.69 Å². The van der Waals surface area contributed by atoms with Crippen LogP contribution in [0.5, 0.6) is 0 Å². The zero-order chi connectivity index (χ0) is 27.9. The molecule has 5 heteroatoms. The van der Waals surface area contributed by atoms with Gasteiger partial charge in [0.25, 0.3) is 0 Å². The van der Waals surface area contributed by atoms with Crippen molar-refractivity contribution in [1.29, 1.82) is 0 Å². The van der Waals surface area contributed by atoms with E-state index in [2.05, 4.69) is 40.7 Å². The summed E-state index contributed by atoms with van der Waals surface area (Å²) < 4.78 is 5.93. The molecule has 0 aliphatic heterocycles. The topological polar surface area (TPSA) is 72.8 Å². The molecule has 8 atom stereocenters. The fourth-order valence-electron chi connectivity index (χ4n) is 9.72. The average molecular weight is 537 g/mol. The summed E-state index contributed by atoms with van der Waals surface area (Å²) in [6, 6.07) is 6.07. The first-order chi connectivity index (χ1) is 18.5. The van der Waals surface area contributed by atoms with E-state index in [0.29, 0.717) is 11.0 Å². The van der Waals surface area contributed by atoms with Crippen LogP contribution in [-0.4, -0.2) is 17.3 Å². The molecule has 39 heavy (non-hydrogen) atoms. The number of allylic oxidation sites excluding steroid dienone is 1. The third-order valence-electron chi connectivity index (χ3n) is 11.8. The molecule has 0 spiro atoms. The molecule has 1 aromatic carbocycles. The molecule has 0 heterocycles. The Hall–Kier alpha value is -1.85. The number of hydrogen-bond acceptors (Lipinski definition) is 5. The van der Waals surface area contributed by atoms with Crippen molar-refractivity contribution >= 4 is 11.7 Å². The number of esters is 1. The predicted octanol–water partition coefficient (Wildman–Crippen LogP) is 8.95. The minimum atomic E-state index is -0.422. The number of ether oxygens (including phenoxy) is 1. The molecular formula is C34H50NO4-. The summed E-state index contributed by atoms with van der Waals surface area (Å²) in [5, 5.41) is 20.2. The molecule has 0 unspecified atom stereocenters. The van der Waals surface area contributed by atoms with Gasteiger partial charge in [-0.1, -0.05) is 71.6 Å². The molecule has 4 aliphatic carbocycles. The van der Waals surface area contributed by atoms with Crippen LogP contribution in [0.15, 0.2) is 35.9 Å². The Labute approximate surface area is 235 Å². The Morgan fingerprint density at radius 1 is 1.10 bits per heavy atom. The van der Waals surface area contributed by atoms with Gasteiger partial charge in [0.05, 0.1) is 11.3 Å². The van der Waals surface area contributed by atoms with Crippen molar-refractivity contribution in [1.82, 2.24) is 0 Å². The first-order valence-corrected chi connectivity index (χ1v) is 15.7. The zero-order valence-electron chi connectivity index (χ0n) is 24.8. The molecule has 3 saturated carbocycles. The van der Waals surface area contributed by atoms with Crippen molar-refractivity contribution in [2.24, 2.45) is 46.3 Å². The van der Waals surface area contributed by atoms with Crippen LogP contribution >= 0.6 is 0 Å². The molecule has 0 amide bonds. The highest BCUT2D eigenvalue weighted by Gasteiger charge is 2.59. The molecular weight excluding hydrogens is 486 g/mol. The van der Waals surface area contributed by atoms with Crippen molar-refractivity contribution in [2.75, 3.05) is 5.23 Å². The third kappa shape index (κ3) is 5.43. The lowest BCUT2D eigenvalue weighted by molar-refractivity contribution is -0.0594. The van der Waals surface area contributed by atoms with Crippen molar-refractivity contribution in [3.8, 4) is 0 Å². The maximum atomic E-state index is 12.9. The van der Waals surface area contributed by atoms with Gasteiger partial charge in [-0.2, -0.15) is 0 Å². The second kappa shape index (κ2) is 11.2. The van der Waals surface area contributed by atoms with E-state index in [9.17, 15) is 15.2 Å². The van der Waals surface area contributed by atoms with E-state index in [0.717, 1.165) is 54.8 Å². The van der Waals surface area contributed by atoms with Gasteiger partial charge in [-0.05, 0) is 109 Å². The van der Waals surface area contributed by atoms with Crippen LogP contribution < -0.4 is 5.23 Å². The molecule has 3 fully saturated rings. The second-order valence-electron chi connectivity index (χ2n) is 14.4. The summed E-state index contributed by atoms with van der Waals surface area (Å²) in [6.07, 6.45) is 16.0. The quantitative estimate of drug-likeness (QED) is 0.204. The molecule has 4 aliphatic rings. The van der Waals surface area contributed by atoms with E-state index >= 15 is 0 Å². The lowest BCUT2D eigenvalue weighted by atomic mass is 9.47. The van der Waals surface area contributed by atoms with Crippen LogP contribution in [0.1, 0.15) is 116 Å². The SMILES string of the molecule is CC(C)CCC[C@H](C)[C@@H]1CC[C@@H]2[C@H]3CC=C4C[C@@H](OC(=O)c5cccc(N([O-])O)c5)CC[C@]4(C)[C@@H]3CC[C@]21C. The van der Waals surface area contributed by atoms with E-state index in [-0.39, 0.29) is 22.4 Å². The second-order valence-corrected chi connectivity index (χ2v) is 14.4. The van der Waals surface area contributed by atoms with Gasteiger partial charge in [-0.25, -0.2) is 4.79 Å². The van der Waals surface area contributed by atoms with Crippen molar-refractivity contribution in [3.63, 3.8) is 0 Å². The van der Waals surface area contributed by atoms with Crippen LogP contribution in [0.2, 0.25) is 0 Å². The number of fused-ring (bicyclic) bond motifs is 5. The Bertz CT molecular complexity index is 1070. The number of benzene rings is 1. The fourth-order valence-corrected chi connectivity index (χ4v) is 9.72. The van der Waals surface area contributed by atoms with Crippen molar-refractivity contribution in [3.05, 3.63) is 46.7 Å². The Kier molecular flexibility index (Phi) is 8.23. The van der Waals surface area contributed by atoms with Gasteiger partial charge in [0.2, 0.25) is 0 Å². The van der Waals surface area contributed by atoms with Gasteiger partial charge in [-0.3, -0.25) is 5.21 Å². The smallest absolute Gasteiger partial charge is 0.338 e. The normalized spacial score (nSPS) is 36.4. The van der Waals surface area contributed by atoms with E-state index in [1.165, 1.54) is 69.1 Å². The number of hydrogen-bond donors (Lipinski definition) is 1. The standard InChI is InChI=1S/C34H50NO4/c1-22(2)8-6-9-23(3)29-14-15-30-28-13-12-25-21-27(16-18-33(25,4)31(28)17-19-34(29,30)5)39-32(36)24-10-7-11-26(20-24)35(37)38/h7,10-12,20,22-23,27-31,37H,6,8-9,13-19,21H2,1-5H3/q-1/t23-,27-,28+,29-,30+,31+,33-,34-/m0/s1. The number of anilines is 1. The summed E-state index contributed by atoms with van der Waals surface area (Å²) >= 11 is 0. The highest BCUT2D eigenvalue weighted by molar-refractivity contribution is 5.90. The molecule has 0 saturated heterocycles. The predicted molar refractivity (Wildman–Crippen MR) is 156 cm³/mol. The molecule has 1 aromatic rings. The number of carbonyl (C=O) groups is 1. The molecule has 1 N–H and O–H groups in total. The molecule has 216 valence electrons. The minimum Gasteiger partial charge on any atom is -0.733 e. The van der Waals surface area contributed by atoms with Gasteiger partial charge in [0.1, 0.15) is 6.10 Å². The molecule has 5 nitrogen and oxygen atoms in total. The van der Waals surface area contributed by atoms with E-state index in [1.54, 1.807) is 12.1 Å². The van der Waals surface area contributed by atoms with E-state index < -0.39 is 5.97 Å². The first kappa shape index (κ1) is 28.7. The summed E-state index contributed by atoms with van der Waals surface area (Å²) in [5.41, 5.74) is 2.55. The lowest BCUT2D eigenvalue weighted by Gasteiger charge is -2.58. The highest BCUT2D eigenvalue weighted by Crippen LogP contribution is 2.67.